The van der Waals surface area contributed by atoms with Gasteiger partial charge in [0.1, 0.15) is 0 Å². The van der Waals surface area contributed by atoms with Gasteiger partial charge in [0, 0.05) is 14.2 Å². The van der Waals surface area contributed by atoms with E-state index in [1.54, 1.807) is 14.2 Å². The second kappa shape index (κ2) is 7.88. The molecule has 3 atom stereocenters. The van der Waals surface area contributed by atoms with Crippen LogP contribution in [0.2, 0.25) is 50.9 Å². The third-order valence-corrected chi connectivity index (χ3v) is 16.9. The number of hydrogen-bond acceptors (Lipinski definition) is 3. The van der Waals surface area contributed by atoms with Gasteiger partial charge in [0.25, 0.3) is 0 Å². The minimum atomic E-state index is -1.97. The van der Waals surface area contributed by atoms with Crippen molar-refractivity contribution in [3.05, 3.63) is 12.2 Å². The molecule has 3 nitrogen and oxygen atoms in total. The van der Waals surface area contributed by atoms with Crippen molar-refractivity contribution in [1.29, 1.82) is 0 Å². The maximum atomic E-state index is 6.82. The molecule has 3 unspecified atom stereocenters. The van der Waals surface area contributed by atoms with E-state index in [1.165, 1.54) is 25.3 Å². The first-order chi connectivity index (χ1) is 11.1. The lowest BCUT2D eigenvalue weighted by Gasteiger charge is -2.36. The van der Waals surface area contributed by atoms with E-state index >= 15 is 0 Å². The van der Waals surface area contributed by atoms with Gasteiger partial charge in [-0.3, -0.25) is 0 Å². The van der Waals surface area contributed by atoms with Crippen LogP contribution < -0.4 is 0 Å². The molecular formula is C18H38O3Si3. The van der Waals surface area contributed by atoms with Gasteiger partial charge in [-0.1, -0.05) is 18.6 Å². The first-order valence-corrected chi connectivity index (χ1v) is 18.3. The fourth-order valence-corrected chi connectivity index (χ4v) is 17.1. The van der Waals surface area contributed by atoms with Gasteiger partial charge in [0.15, 0.2) is 16.6 Å². The van der Waals surface area contributed by atoms with Crippen LogP contribution in [0.5, 0.6) is 0 Å². The normalized spacial score (nSPS) is 27.2. The Kier molecular flexibility index (Phi) is 6.76. The average Bonchev–Trinajstić information content (AvgIpc) is 3.13. The van der Waals surface area contributed by atoms with Crippen LogP contribution in [-0.2, 0) is 13.0 Å². The molecule has 0 spiro atoms. The fraction of sp³-hybridized carbons (Fsp3) is 0.889. The Labute approximate surface area is 152 Å². The summed E-state index contributed by atoms with van der Waals surface area (Å²) < 4.78 is 18.1. The topological polar surface area (TPSA) is 27.7 Å². The molecule has 140 valence electrons. The summed E-state index contributed by atoms with van der Waals surface area (Å²) in [7, 11) is -1.63. The molecule has 24 heavy (non-hydrogen) atoms. The highest BCUT2D eigenvalue weighted by atomic mass is 28.4. The highest BCUT2D eigenvalue weighted by molar-refractivity contribution is 6.85. The summed E-state index contributed by atoms with van der Waals surface area (Å²) in [6.45, 7) is 11.8. The Bertz CT molecular complexity index is 447. The minimum absolute atomic E-state index is 0.875. The predicted octanol–water partition coefficient (Wildman–Crippen LogP) is 5.38. The van der Waals surface area contributed by atoms with E-state index < -0.39 is 25.2 Å². The van der Waals surface area contributed by atoms with Gasteiger partial charge in [-0.15, -0.1) is 0 Å². The van der Waals surface area contributed by atoms with Gasteiger partial charge in [0.2, 0.25) is 0 Å². The van der Waals surface area contributed by atoms with Crippen LogP contribution in [0.4, 0.5) is 0 Å². The molecule has 0 amide bonds. The third-order valence-electron chi connectivity index (χ3n) is 6.13. The summed E-state index contributed by atoms with van der Waals surface area (Å²) in [5.74, 6) is 2.69. The lowest BCUT2D eigenvalue weighted by molar-refractivity contribution is 0.250. The Balaban J connectivity index is 1.79. The van der Waals surface area contributed by atoms with Gasteiger partial charge in [-0.05, 0) is 81.5 Å². The summed E-state index contributed by atoms with van der Waals surface area (Å²) in [4.78, 5) is 0. The molecule has 6 heteroatoms. The summed E-state index contributed by atoms with van der Waals surface area (Å²) in [5.41, 5.74) is 0. The molecule has 2 bridgehead atoms. The average molecular weight is 387 g/mol. The molecule has 0 radical (unpaired) electrons. The van der Waals surface area contributed by atoms with Crippen molar-refractivity contribution in [1.82, 2.24) is 0 Å². The van der Waals surface area contributed by atoms with Gasteiger partial charge in [0.05, 0.1) is 0 Å². The smallest absolute Gasteiger partial charge is 0.334 e. The lowest BCUT2D eigenvalue weighted by Crippen LogP contribution is -2.46. The number of fused-ring (bicyclic) bond motifs is 2. The highest BCUT2D eigenvalue weighted by Crippen LogP contribution is 2.46. The molecule has 0 aliphatic heterocycles. The predicted molar refractivity (Wildman–Crippen MR) is 110 cm³/mol. The monoisotopic (exact) mass is 386 g/mol. The van der Waals surface area contributed by atoms with Crippen LogP contribution in [-0.4, -0.2) is 39.4 Å². The van der Waals surface area contributed by atoms with Gasteiger partial charge >= 0.3 is 8.56 Å². The Morgan fingerprint density at radius 2 is 1.46 bits per heavy atom. The molecule has 0 heterocycles. The molecule has 1 fully saturated rings. The lowest BCUT2D eigenvalue weighted by atomic mass is 9.91. The zero-order valence-electron chi connectivity index (χ0n) is 16.9. The van der Waals surface area contributed by atoms with Crippen molar-refractivity contribution in [2.24, 2.45) is 17.8 Å². The van der Waals surface area contributed by atoms with Crippen LogP contribution in [0.25, 0.3) is 0 Å². The van der Waals surface area contributed by atoms with E-state index in [4.69, 9.17) is 13.0 Å². The Morgan fingerprint density at radius 3 is 1.96 bits per heavy atom. The summed E-state index contributed by atoms with van der Waals surface area (Å²) in [6.07, 6.45) is 9.15. The van der Waals surface area contributed by atoms with E-state index in [1.807, 2.05) is 0 Å². The number of hydrogen-bond donors (Lipinski definition) is 0. The van der Waals surface area contributed by atoms with E-state index in [2.05, 4.69) is 44.9 Å². The van der Waals surface area contributed by atoms with Crippen LogP contribution in [0.15, 0.2) is 12.2 Å². The van der Waals surface area contributed by atoms with E-state index in [9.17, 15) is 0 Å². The zero-order chi connectivity index (χ0) is 18.0. The Hall–Kier alpha value is 0.271. The molecule has 2 aliphatic rings. The highest BCUT2D eigenvalue weighted by Gasteiger charge is 2.39. The molecular weight excluding hydrogens is 348 g/mol. The molecule has 0 aromatic carbocycles. The zero-order valence-corrected chi connectivity index (χ0v) is 19.9. The van der Waals surface area contributed by atoms with Gasteiger partial charge in [-0.25, -0.2) is 0 Å². The molecule has 2 aliphatic carbocycles. The maximum Gasteiger partial charge on any atom is 0.334 e. The molecule has 0 aromatic heterocycles. The van der Waals surface area contributed by atoms with E-state index in [0.29, 0.717) is 0 Å². The molecule has 0 aromatic rings. The van der Waals surface area contributed by atoms with Crippen molar-refractivity contribution in [3.8, 4) is 0 Å². The largest absolute Gasteiger partial charge is 0.456 e. The van der Waals surface area contributed by atoms with Crippen LogP contribution in [0.3, 0.4) is 0 Å². The molecule has 0 saturated heterocycles. The second-order valence-corrected chi connectivity index (χ2v) is 21.7. The number of allylic oxidation sites excluding steroid dienone is 2. The molecule has 2 rings (SSSR count). The third kappa shape index (κ3) is 5.64. The number of rotatable bonds is 10. The summed E-state index contributed by atoms with van der Waals surface area (Å²) >= 11 is 0. The first kappa shape index (κ1) is 20.6. The fourth-order valence-electron chi connectivity index (χ4n) is 4.43. The summed E-state index contributed by atoms with van der Waals surface area (Å²) in [5, 5.41) is 0. The standard InChI is InChI=1S/C18H38O3Si3/c1-19-24(7,20-2)13-12-23(5,6)21-22(3,4)11-10-18-15-16-8-9-17(18)14-16/h8-9,16-18H,10-15H2,1-7H3. The first-order valence-electron chi connectivity index (χ1n) is 9.57. The van der Waals surface area contributed by atoms with Crippen LogP contribution in [0, 0.1) is 17.8 Å². The van der Waals surface area contributed by atoms with E-state index in [-0.39, 0.29) is 0 Å². The van der Waals surface area contributed by atoms with Gasteiger partial charge in [-0.2, -0.15) is 0 Å². The van der Waals surface area contributed by atoms with Crippen molar-refractivity contribution < 1.29 is 13.0 Å². The van der Waals surface area contributed by atoms with Crippen molar-refractivity contribution in [2.75, 3.05) is 14.2 Å². The Morgan fingerprint density at radius 1 is 0.833 bits per heavy atom. The minimum Gasteiger partial charge on any atom is -0.456 e. The van der Waals surface area contributed by atoms with Crippen LogP contribution >= 0.6 is 0 Å². The van der Waals surface area contributed by atoms with Crippen molar-refractivity contribution in [3.63, 3.8) is 0 Å². The van der Waals surface area contributed by atoms with Crippen molar-refractivity contribution >= 4 is 25.2 Å². The van der Waals surface area contributed by atoms with E-state index in [0.717, 1.165) is 29.8 Å². The SMILES string of the molecule is CO[Si](C)(CC[Si](C)(C)O[Si](C)(C)CCC1CC2C=CC1C2)OC. The molecule has 1 saturated carbocycles. The second-order valence-electron chi connectivity index (χ2n) is 9.24. The molecule has 0 N–H and O–H groups in total. The summed E-state index contributed by atoms with van der Waals surface area (Å²) in [6, 6.07) is 3.50. The quantitative estimate of drug-likeness (QED) is 0.372. The van der Waals surface area contributed by atoms with Crippen molar-refractivity contribution in [2.45, 2.75) is 70.1 Å². The maximum absolute atomic E-state index is 6.82. The van der Waals surface area contributed by atoms with Crippen LogP contribution in [0.1, 0.15) is 19.3 Å². The van der Waals surface area contributed by atoms with Gasteiger partial charge < -0.3 is 13.0 Å².